The third kappa shape index (κ3) is 4.29. The number of sulfonamides is 1. The van der Waals surface area contributed by atoms with Crippen LogP contribution in [0, 0.1) is 0 Å². The second-order valence-corrected chi connectivity index (χ2v) is 10.5. The van der Waals surface area contributed by atoms with Crippen LogP contribution in [0.2, 0.25) is 0 Å². The maximum absolute atomic E-state index is 13.4. The minimum Gasteiger partial charge on any atom is -0.284 e. The number of aromatic nitrogens is 7. The molecule has 0 bridgehead atoms. The van der Waals surface area contributed by atoms with Crippen molar-refractivity contribution in [3.05, 3.63) is 43.2 Å². The van der Waals surface area contributed by atoms with Crippen LogP contribution in [0.1, 0.15) is 6.42 Å². The highest BCUT2D eigenvalue weighted by atomic mass is 32.2. The van der Waals surface area contributed by atoms with Gasteiger partial charge in [-0.15, -0.1) is 0 Å². The zero-order chi connectivity index (χ0) is 25.0. The van der Waals surface area contributed by atoms with Crippen LogP contribution < -0.4 is 0 Å². The molecule has 5 rings (SSSR count). The maximum atomic E-state index is 13.4. The molecular formula is C20H20F4N8O2S. The van der Waals surface area contributed by atoms with Crippen LogP contribution in [0.5, 0.6) is 0 Å². The molecule has 186 valence electrons. The molecule has 0 N–H and O–H groups in total. The molecule has 0 saturated carbocycles. The highest BCUT2D eigenvalue weighted by Gasteiger charge is 2.52. The van der Waals surface area contributed by atoms with Gasteiger partial charge in [-0.25, -0.2) is 18.4 Å². The van der Waals surface area contributed by atoms with E-state index in [0.717, 1.165) is 5.56 Å². The monoisotopic (exact) mass is 512 g/mol. The number of hydrogen-bond acceptors (Lipinski definition) is 6. The van der Waals surface area contributed by atoms with Gasteiger partial charge in [0, 0.05) is 63.0 Å². The Morgan fingerprint density at radius 3 is 2.51 bits per heavy atom. The number of halogens is 4. The summed E-state index contributed by atoms with van der Waals surface area (Å²) in [5.74, 6) is -1.47. The fourth-order valence-corrected chi connectivity index (χ4v) is 5.69. The molecule has 0 amide bonds. The second kappa shape index (κ2) is 8.12. The zero-order valence-electron chi connectivity index (χ0n) is 18.4. The minimum atomic E-state index is -4.86. The van der Waals surface area contributed by atoms with Crippen molar-refractivity contribution in [3.8, 4) is 22.6 Å². The van der Waals surface area contributed by atoms with Gasteiger partial charge in [-0.1, -0.05) is 0 Å². The van der Waals surface area contributed by atoms with E-state index in [1.165, 1.54) is 10.9 Å². The summed E-state index contributed by atoms with van der Waals surface area (Å²) < 4.78 is 81.2. The maximum Gasteiger partial charge on any atom is 0.404 e. The molecular weight excluding hydrogens is 492 g/mol. The van der Waals surface area contributed by atoms with Gasteiger partial charge >= 0.3 is 6.18 Å². The predicted octanol–water partition coefficient (Wildman–Crippen LogP) is 2.26. The normalized spacial score (nSPS) is 16.6. The zero-order valence-corrected chi connectivity index (χ0v) is 19.2. The van der Waals surface area contributed by atoms with Crippen LogP contribution >= 0.6 is 0 Å². The van der Waals surface area contributed by atoms with Crippen molar-refractivity contribution in [1.82, 2.24) is 38.2 Å². The van der Waals surface area contributed by atoms with Gasteiger partial charge in [0.2, 0.25) is 10.0 Å². The minimum absolute atomic E-state index is 0.101. The van der Waals surface area contributed by atoms with Crippen LogP contribution in [-0.2, 0) is 22.6 Å². The first-order valence-electron chi connectivity index (χ1n) is 10.5. The molecule has 1 aliphatic rings. The van der Waals surface area contributed by atoms with Gasteiger partial charge in [0.15, 0.2) is 5.75 Å². The molecule has 4 aromatic rings. The Hall–Kier alpha value is -3.33. The Labute approximate surface area is 196 Å². The average Bonchev–Trinajstić information content (AvgIpc) is 3.48. The van der Waals surface area contributed by atoms with Gasteiger partial charge in [-0.2, -0.15) is 27.7 Å². The van der Waals surface area contributed by atoms with Crippen molar-refractivity contribution in [2.24, 2.45) is 7.05 Å². The lowest BCUT2D eigenvalue weighted by molar-refractivity contribution is -0.107. The first-order chi connectivity index (χ1) is 16.5. The van der Waals surface area contributed by atoms with Gasteiger partial charge in [0.1, 0.15) is 11.5 Å². The molecule has 35 heavy (non-hydrogen) atoms. The van der Waals surface area contributed by atoms with Gasteiger partial charge < -0.3 is 0 Å². The molecule has 10 nitrogen and oxygen atoms in total. The Bertz CT molecular complexity index is 1480. The van der Waals surface area contributed by atoms with E-state index in [-0.39, 0.29) is 19.5 Å². The molecule has 0 unspecified atom stereocenters. The van der Waals surface area contributed by atoms with E-state index >= 15 is 0 Å². The van der Waals surface area contributed by atoms with E-state index in [1.807, 2.05) is 0 Å². The molecule has 0 aliphatic carbocycles. The quantitative estimate of drug-likeness (QED) is 0.352. The Kier molecular flexibility index (Phi) is 5.43. The molecule has 15 heteroatoms. The fourth-order valence-electron chi connectivity index (χ4n) is 4.22. The van der Waals surface area contributed by atoms with Crippen LogP contribution in [-0.4, -0.2) is 78.3 Å². The number of alkyl halides is 4. The second-order valence-electron chi connectivity index (χ2n) is 8.50. The van der Waals surface area contributed by atoms with Gasteiger partial charge in [-0.3, -0.25) is 18.2 Å². The smallest absolute Gasteiger partial charge is 0.284 e. The van der Waals surface area contributed by atoms with E-state index in [4.69, 9.17) is 4.98 Å². The Balaban J connectivity index is 1.48. The third-order valence-corrected chi connectivity index (χ3v) is 7.69. The number of nitrogens with zero attached hydrogens (tertiary/aromatic N) is 8. The molecule has 0 spiro atoms. The lowest BCUT2D eigenvalue weighted by Crippen LogP contribution is -2.65. The lowest BCUT2D eigenvalue weighted by Gasteiger charge is -2.48. The van der Waals surface area contributed by atoms with Crippen molar-refractivity contribution >= 4 is 15.7 Å². The van der Waals surface area contributed by atoms with Gasteiger partial charge in [-0.05, 0) is 0 Å². The van der Waals surface area contributed by atoms with Gasteiger partial charge in [0.05, 0.1) is 35.9 Å². The van der Waals surface area contributed by atoms with Crippen LogP contribution in [0.25, 0.3) is 28.3 Å². The van der Waals surface area contributed by atoms with E-state index in [9.17, 15) is 26.0 Å². The summed E-state index contributed by atoms with van der Waals surface area (Å²) in [7, 11) is -2.79. The average molecular weight is 512 g/mol. The summed E-state index contributed by atoms with van der Waals surface area (Å²) in [5, 5.41) is 8.47. The molecule has 1 saturated heterocycles. The number of imidazole rings is 1. The predicted molar refractivity (Wildman–Crippen MR) is 116 cm³/mol. The molecule has 0 aromatic carbocycles. The van der Waals surface area contributed by atoms with Crippen molar-refractivity contribution < 1.29 is 26.0 Å². The summed E-state index contributed by atoms with van der Waals surface area (Å²) >= 11 is 0. The summed E-state index contributed by atoms with van der Waals surface area (Å²) in [6.07, 6.45) is 4.92. The van der Waals surface area contributed by atoms with Crippen LogP contribution in [0.4, 0.5) is 17.6 Å². The van der Waals surface area contributed by atoms with Crippen LogP contribution in [0.3, 0.4) is 0 Å². The number of fused-ring (bicyclic) bond motifs is 1. The Morgan fingerprint density at radius 2 is 1.86 bits per heavy atom. The highest BCUT2D eigenvalue weighted by molar-refractivity contribution is 7.89. The van der Waals surface area contributed by atoms with E-state index in [1.54, 1.807) is 53.2 Å². The topological polar surface area (TPSA) is 103 Å². The first kappa shape index (κ1) is 23.4. The van der Waals surface area contributed by atoms with Crippen molar-refractivity contribution in [1.29, 1.82) is 0 Å². The standard InChI is InChI=1S/C20H20F4N8O2S/c1-29-9-14(7-26-29)16-6-17-25-4-5-31(17)18(28-16)15-8-27-32(10-15)19(2-3-21)11-30(12-19)35(33,34)13-20(22,23)24/h4-10H,2-3,11-13H2,1H3. The molecule has 1 aliphatic heterocycles. The van der Waals surface area contributed by atoms with E-state index in [0.29, 0.717) is 27.0 Å². The van der Waals surface area contributed by atoms with Crippen molar-refractivity contribution in [2.45, 2.75) is 18.1 Å². The summed E-state index contributed by atoms with van der Waals surface area (Å²) in [6.45, 7) is -1.40. The van der Waals surface area contributed by atoms with Crippen LogP contribution in [0.15, 0.2) is 43.2 Å². The molecule has 5 heterocycles. The number of hydrogen-bond donors (Lipinski definition) is 0. The molecule has 0 radical (unpaired) electrons. The molecule has 0 atom stereocenters. The molecule has 1 fully saturated rings. The summed E-state index contributed by atoms with van der Waals surface area (Å²) in [6, 6.07) is 1.80. The van der Waals surface area contributed by atoms with E-state index in [2.05, 4.69) is 15.2 Å². The lowest BCUT2D eigenvalue weighted by atomic mass is 9.89. The summed E-state index contributed by atoms with van der Waals surface area (Å²) in [4.78, 5) is 9.05. The highest BCUT2D eigenvalue weighted by Crippen LogP contribution is 2.37. The summed E-state index contributed by atoms with van der Waals surface area (Å²) in [5.41, 5.74) is 1.46. The first-order valence-corrected chi connectivity index (χ1v) is 12.1. The van der Waals surface area contributed by atoms with Gasteiger partial charge in [0.25, 0.3) is 0 Å². The number of aryl methyl sites for hydroxylation is 1. The Morgan fingerprint density at radius 1 is 1.11 bits per heavy atom. The SMILES string of the molecule is Cn1cc(-c2cc3nccn3c(-c3cnn(C4(CCF)CN(S(=O)(=O)CC(F)(F)F)C4)c3)n2)cn1. The van der Waals surface area contributed by atoms with E-state index < -0.39 is 34.2 Å². The molecule has 4 aromatic heterocycles. The van der Waals surface area contributed by atoms with Crippen molar-refractivity contribution in [2.75, 3.05) is 25.5 Å². The number of rotatable bonds is 7. The third-order valence-electron chi connectivity index (χ3n) is 5.96. The fraction of sp³-hybridized carbons (Fsp3) is 0.400. The largest absolute Gasteiger partial charge is 0.404 e. The van der Waals surface area contributed by atoms with Crippen molar-refractivity contribution in [3.63, 3.8) is 0 Å².